The molecule has 0 bridgehead atoms. The van der Waals surface area contributed by atoms with Crippen molar-refractivity contribution in [3.63, 3.8) is 0 Å². The Morgan fingerprint density at radius 1 is 0.857 bits per heavy atom. The van der Waals surface area contributed by atoms with Crippen molar-refractivity contribution in [2.75, 3.05) is 0 Å². The van der Waals surface area contributed by atoms with Crippen LogP contribution in [-0.4, -0.2) is 83.0 Å². The Morgan fingerprint density at radius 3 is 0.929 bits per heavy atom. The van der Waals surface area contributed by atoms with Gasteiger partial charge in [0.05, 0.1) is 0 Å². The van der Waals surface area contributed by atoms with Gasteiger partial charge in [0.2, 0.25) is 0 Å². The zero-order valence-electron chi connectivity index (χ0n) is 6.11. The zero-order chi connectivity index (χ0) is 6.08. The first-order chi connectivity index (χ1) is 2.94. The van der Waals surface area contributed by atoms with E-state index in [0.29, 0.717) is 0 Å². The van der Waals surface area contributed by atoms with E-state index < -0.39 is 13.3 Å². The Hall–Kier alpha value is 0.380. The molecule has 15 N–H and O–H groups in total. The van der Waals surface area contributed by atoms with Crippen molar-refractivity contribution >= 4 is 42.9 Å². The van der Waals surface area contributed by atoms with Crippen LogP contribution in [0.4, 0.5) is 4.79 Å². The monoisotopic (exact) mass is 258 g/mol. The molecule has 0 aromatic rings. The van der Waals surface area contributed by atoms with Crippen LogP contribution in [0.25, 0.3) is 0 Å². The normalized spacial score (nSPS) is 5.57. The van der Waals surface area contributed by atoms with E-state index in [1.54, 1.807) is 0 Å². The summed E-state index contributed by atoms with van der Waals surface area (Å²) in [6.45, 7) is 0. The van der Waals surface area contributed by atoms with Crippen molar-refractivity contribution < 1.29 is 57.1 Å². The van der Waals surface area contributed by atoms with Gasteiger partial charge in [-0.05, 0) is 0 Å². The van der Waals surface area contributed by atoms with Crippen molar-refractivity contribution in [1.29, 1.82) is 0 Å². The molecule has 0 amide bonds. The van der Waals surface area contributed by atoms with Gasteiger partial charge >= 0.3 is 42.9 Å². The SMILES string of the molecule is O.O.O.O.O.O.O=C(O)P(=O)(O)O.[NaH]. The van der Waals surface area contributed by atoms with Crippen LogP contribution in [0.1, 0.15) is 0 Å². The summed E-state index contributed by atoms with van der Waals surface area (Å²) in [6.07, 6.45) is 0. The molecule has 0 spiro atoms. The fourth-order valence-corrected chi connectivity index (χ4v) is 0. The molecule has 0 saturated heterocycles. The van der Waals surface area contributed by atoms with Gasteiger partial charge in [-0.15, -0.1) is 0 Å². The molecule has 0 radical (unpaired) electrons. The van der Waals surface area contributed by atoms with E-state index in [-0.39, 0.29) is 62.4 Å². The second-order valence-corrected chi connectivity index (χ2v) is 2.30. The molecule has 0 atom stereocenters. The predicted octanol–water partition coefficient (Wildman–Crippen LogP) is -5.75. The van der Waals surface area contributed by atoms with E-state index in [1.165, 1.54) is 0 Å². The molecule has 11 nitrogen and oxygen atoms in total. The van der Waals surface area contributed by atoms with Gasteiger partial charge in [0.15, 0.2) is 0 Å². The Morgan fingerprint density at radius 2 is 0.929 bits per heavy atom. The van der Waals surface area contributed by atoms with Crippen LogP contribution in [-0.2, 0) is 4.57 Å². The van der Waals surface area contributed by atoms with Gasteiger partial charge in [-0.2, -0.15) is 0 Å². The van der Waals surface area contributed by atoms with Crippen LogP contribution in [0, 0.1) is 0 Å². The Labute approximate surface area is 100 Å². The molecule has 0 aromatic carbocycles. The topological polar surface area (TPSA) is 284 Å². The second-order valence-electron chi connectivity index (χ2n) is 0.827. The van der Waals surface area contributed by atoms with E-state index in [1.807, 2.05) is 0 Å². The molecule has 0 unspecified atom stereocenters. The van der Waals surface area contributed by atoms with Gasteiger partial charge < -0.3 is 47.8 Å². The molecule has 13 heteroatoms. The minimum absolute atomic E-state index is 0. The fourth-order valence-electron chi connectivity index (χ4n) is 0. The van der Waals surface area contributed by atoms with Gasteiger partial charge in [0, 0.05) is 0 Å². The first-order valence-electron chi connectivity index (χ1n) is 1.23. The third-order valence-electron chi connectivity index (χ3n) is 0.249. The van der Waals surface area contributed by atoms with Crippen LogP contribution in [0.5, 0.6) is 0 Å². The molecule has 0 rings (SSSR count). The molecule has 92 valence electrons. The molecule has 0 fully saturated rings. The number of rotatable bonds is 1. The Kier molecular flexibility index (Phi) is 105. The summed E-state index contributed by atoms with van der Waals surface area (Å²) < 4.78 is 9.43. The first-order valence-corrected chi connectivity index (χ1v) is 2.85. The molecular formula is CH16NaO11P. The molecular weight excluding hydrogens is 242 g/mol. The summed E-state index contributed by atoms with van der Waals surface area (Å²) in [4.78, 5) is 24.5. The average Bonchev–Trinajstić information content (AvgIpc) is 1.31. The maximum absolute atomic E-state index is 9.43. The van der Waals surface area contributed by atoms with Crippen LogP contribution in [0.2, 0.25) is 0 Å². The van der Waals surface area contributed by atoms with Crippen molar-refractivity contribution in [1.82, 2.24) is 0 Å². The Bertz CT molecular complexity index is 127. The van der Waals surface area contributed by atoms with E-state index in [0.717, 1.165) is 0 Å². The van der Waals surface area contributed by atoms with Gasteiger partial charge in [0.1, 0.15) is 0 Å². The number of hydrogen-bond donors (Lipinski definition) is 3. The minimum atomic E-state index is -4.82. The third kappa shape index (κ3) is 39.4. The van der Waals surface area contributed by atoms with Crippen LogP contribution in [0.15, 0.2) is 0 Å². The average molecular weight is 258 g/mol. The third-order valence-corrected chi connectivity index (χ3v) is 0.748. The van der Waals surface area contributed by atoms with E-state index in [4.69, 9.17) is 14.9 Å². The van der Waals surface area contributed by atoms with E-state index in [9.17, 15) is 9.36 Å². The zero-order valence-corrected chi connectivity index (χ0v) is 7.00. The molecule has 0 aliphatic rings. The number of carbonyl (C=O) groups is 1. The van der Waals surface area contributed by atoms with Gasteiger partial charge in [0.25, 0.3) is 0 Å². The summed E-state index contributed by atoms with van der Waals surface area (Å²) in [7, 11) is -4.82. The molecule has 0 aliphatic heterocycles. The summed E-state index contributed by atoms with van der Waals surface area (Å²) >= 11 is 0. The van der Waals surface area contributed by atoms with Crippen molar-refractivity contribution in [3.8, 4) is 0 Å². The van der Waals surface area contributed by atoms with Crippen molar-refractivity contribution in [2.24, 2.45) is 0 Å². The second kappa shape index (κ2) is 23.3. The summed E-state index contributed by atoms with van der Waals surface area (Å²) in [5.74, 6) is 0. The van der Waals surface area contributed by atoms with Gasteiger partial charge in [-0.3, -0.25) is 0 Å². The van der Waals surface area contributed by atoms with E-state index in [2.05, 4.69) is 0 Å². The molecule has 0 aliphatic carbocycles. The van der Waals surface area contributed by atoms with E-state index >= 15 is 0 Å². The van der Waals surface area contributed by atoms with Crippen molar-refractivity contribution in [3.05, 3.63) is 0 Å². The number of hydrogen-bond acceptors (Lipinski definition) is 2. The Balaban J connectivity index is -0.00000000857. The molecule has 0 aromatic heterocycles. The predicted molar refractivity (Wildman–Crippen MR) is 48.9 cm³/mol. The van der Waals surface area contributed by atoms with Crippen LogP contribution >= 0.6 is 7.60 Å². The summed E-state index contributed by atoms with van der Waals surface area (Å²) in [5.41, 5.74) is -2.09. The maximum atomic E-state index is 9.43. The molecule has 14 heavy (non-hydrogen) atoms. The number of carboxylic acid groups (broad SMARTS) is 1. The van der Waals surface area contributed by atoms with Gasteiger partial charge in [-0.25, -0.2) is 9.36 Å². The summed E-state index contributed by atoms with van der Waals surface area (Å²) in [6, 6.07) is 0. The van der Waals surface area contributed by atoms with Crippen LogP contribution in [0.3, 0.4) is 0 Å². The standard InChI is InChI=1S/CH3O5P.Na.6H2O.H/c2-1(3)7(4,5)6;;;;;;;;/h(H,2,3)(H2,4,5,6);;6*1H2;. The quantitative estimate of drug-likeness (QED) is 0.304. The van der Waals surface area contributed by atoms with Gasteiger partial charge in [-0.1, -0.05) is 0 Å². The fraction of sp³-hybridized carbons (Fsp3) is 0. The molecule has 0 heterocycles. The van der Waals surface area contributed by atoms with Crippen molar-refractivity contribution in [2.45, 2.75) is 0 Å². The summed E-state index contributed by atoms with van der Waals surface area (Å²) in [5, 5.41) is 7.49. The van der Waals surface area contributed by atoms with Crippen LogP contribution < -0.4 is 0 Å². The molecule has 0 saturated carbocycles. The first kappa shape index (κ1) is 63.2.